The molecule has 0 bridgehead atoms. The van der Waals surface area contributed by atoms with Gasteiger partial charge >= 0.3 is 0 Å². The molecule has 1 atom stereocenters. The van der Waals surface area contributed by atoms with Gasteiger partial charge in [0, 0.05) is 30.9 Å². The number of allylic oxidation sites excluding steroid dienone is 3. The Labute approximate surface area is 197 Å². The van der Waals surface area contributed by atoms with E-state index in [1.54, 1.807) is 31.4 Å². The van der Waals surface area contributed by atoms with Crippen molar-refractivity contribution in [1.29, 1.82) is 0 Å². The Morgan fingerprint density at radius 2 is 2.19 bits per heavy atom. The van der Waals surface area contributed by atoms with E-state index in [1.165, 1.54) is 12.8 Å². The van der Waals surface area contributed by atoms with E-state index >= 15 is 0 Å². The molecular formula is C25H36ClN3O3. The standard InChI is InChI=1S/C25H36ClN3O3/c1-4-6-22(26)16-27-18-29-12-10-21(11-13-29)7-5-14-32-23-8-9-24(19(2)15-23)25(31)28-20(3)17-30/h4,6,8-9,15-16,20-21,30H,1,5,7,10-14,17-18H2,2-3H3,(H,28,31)/b22-6+,27-16-/t20-/m1/s1. The predicted molar refractivity (Wildman–Crippen MR) is 132 cm³/mol. The first-order valence-electron chi connectivity index (χ1n) is 11.3. The van der Waals surface area contributed by atoms with Crippen molar-refractivity contribution in [3.8, 4) is 5.75 Å². The van der Waals surface area contributed by atoms with Crippen LogP contribution in [0.1, 0.15) is 48.5 Å². The fourth-order valence-electron chi connectivity index (χ4n) is 3.71. The number of aliphatic hydroxyl groups excluding tert-OH is 1. The van der Waals surface area contributed by atoms with Gasteiger partial charge in [-0.1, -0.05) is 24.3 Å². The van der Waals surface area contributed by atoms with E-state index in [0.717, 1.165) is 43.2 Å². The number of nitrogens with one attached hydrogen (secondary N) is 1. The molecule has 0 aromatic heterocycles. The van der Waals surface area contributed by atoms with E-state index in [9.17, 15) is 4.79 Å². The molecule has 1 saturated heterocycles. The lowest BCUT2D eigenvalue weighted by molar-refractivity contribution is 0.0921. The van der Waals surface area contributed by atoms with Gasteiger partial charge in [0.05, 0.1) is 24.9 Å². The number of likely N-dealkylation sites (tertiary alicyclic amines) is 1. The maximum Gasteiger partial charge on any atom is 0.251 e. The largest absolute Gasteiger partial charge is 0.494 e. The van der Waals surface area contributed by atoms with E-state index in [1.807, 2.05) is 19.1 Å². The van der Waals surface area contributed by atoms with Crippen LogP contribution >= 0.6 is 11.6 Å². The van der Waals surface area contributed by atoms with Crippen molar-refractivity contribution in [1.82, 2.24) is 10.2 Å². The van der Waals surface area contributed by atoms with Crippen molar-refractivity contribution in [3.63, 3.8) is 0 Å². The number of hydrogen-bond donors (Lipinski definition) is 2. The molecule has 0 aliphatic carbocycles. The number of amides is 1. The lowest BCUT2D eigenvalue weighted by Gasteiger charge is -2.30. The van der Waals surface area contributed by atoms with Crippen LogP contribution in [0.2, 0.25) is 0 Å². The first kappa shape index (κ1) is 26.1. The van der Waals surface area contributed by atoms with Crippen LogP contribution in [0, 0.1) is 12.8 Å². The molecule has 7 heteroatoms. The van der Waals surface area contributed by atoms with Crippen LogP contribution in [-0.2, 0) is 0 Å². The topological polar surface area (TPSA) is 74.2 Å². The molecule has 0 saturated carbocycles. The van der Waals surface area contributed by atoms with Crippen LogP contribution in [0.4, 0.5) is 0 Å². The number of aliphatic imine (C=N–C) groups is 1. The highest BCUT2D eigenvalue weighted by atomic mass is 35.5. The monoisotopic (exact) mass is 461 g/mol. The minimum atomic E-state index is -0.268. The molecule has 1 aliphatic rings. The highest BCUT2D eigenvalue weighted by Gasteiger charge is 2.18. The summed E-state index contributed by atoms with van der Waals surface area (Å²) in [5.41, 5.74) is 1.47. The second-order valence-electron chi connectivity index (χ2n) is 8.33. The molecule has 1 heterocycles. The Hall–Kier alpha value is -2.15. The Morgan fingerprint density at radius 1 is 1.44 bits per heavy atom. The zero-order chi connectivity index (χ0) is 23.3. The van der Waals surface area contributed by atoms with Gasteiger partial charge in [0.15, 0.2) is 0 Å². The molecule has 1 aromatic carbocycles. The molecule has 1 aliphatic heterocycles. The number of rotatable bonds is 12. The molecule has 32 heavy (non-hydrogen) atoms. The average Bonchev–Trinajstić information content (AvgIpc) is 2.77. The predicted octanol–water partition coefficient (Wildman–Crippen LogP) is 4.31. The van der Waals surface area contributed by atoms with Crippen LogP contribution in [0.25, 0.3) is 0 Å². The number of aryl methyl sites for hydroxylation is 1. The number of piperidine rings is 1. The Morgan fingerprint density at radius 3 is 2.84 bits per heavy atom. The van der Waals surface area contributed by atoms with Gasteiger partial charge in [-0.2, -0.15) is 0 Å². The normalized spacial score (nSPS) is 16.8. The van der Waals surface area contributed by atoms with Gasteiger partial charge in [-0.25, -0.2) is 0 Å². The zero-order valence-electron chi connectivity index (χ0n) is 19.2. The Bertz CT molecular complexity index is 802. The van der Waals surface area contributed by atoms with Crippen LogP contribution in [0.15, 0.2) is 47.0 Å². The molecule has 1 fully saturated rings. The number of ether oxygens (including phenoxy) is 1. The number of carbonyl (C=O) groups is 1. The summed E-state index contributed by atoms with van der Waals surface area (Å²) < 4.78 is 5.91. The summed E-state index contributed by atoms with van der Waals surface area (Å²) in [6.45, 7) is 10.7. The van der Waals surface area contributed by atoms with Crippen LogP contribution < -0.4 is 10.1 Å². The fraction of sp³-hybridized carbons (Fsp3) is 0.520. The van der Waals surface area contributed by atoms with Gasteiger partial charge in [0.2, 0.25) is 0 Å². The number of benzene rings is 1. The summed E-state index contributed by atoms with van der Waals surface area (Å²) >= 11 is 5.97. The molecule has 0 unspecified atom stereocenters. The third-order valence-electron chi connectivity index (χ3n) is 5.60. The summed E-state index contributed by atoms with van der Waals surface area (Å²) in [4.78, 5) is 19.0. The van der Waals surface area contributed by atoms with Crippen LogP contribution in [-0.4, -0.2) is 61.1 Å². The second kappa shape index (κ2) is 14.1. The molecule has 176 valence electrons. The lowest BCUT2D eigenvalue weighted by atomic mass is 9.92. The second-order valence-corrected chi connectivity index (χ2v) is 8.76. The third-order valence-corrected chi connectivity index (χ3v) is 5.82. The highest BCUT2D eigenvalue weighted by molar-refractivity contribution is 6.39. The maximum atomic E-state index is 12.2. The maximum absolute atomic E-state index is 12.2. The van der Waals surface area contributed by atoms with Crippen molar-refractivity contribution in [2.75, 3.05) is 33.0 Å². The van der Waals surface area contributed by atoms with Gasteiger partial charge in [-0.15, -0.1) is 0 Å². The quantitative estimate of drug-likeness (QED) is 0.276. The van der Waals surface area contributed by atoms with Crippen molar-refractivity contribution in [3.05, 3.63) is 53.1 Å². The van der Waals surface area contributed by atoms with Crippen LogP contribution in [0.5, 0.6) is 5.75 Å². The number of halogens is 1. The highest BCUT2D eigenvalue weighted by Crippen LogP contribution is 2.23. The molecule has 2 rings (SSSR count). The van der Waals surface area contributed by atoms with E-state index in [0.29, 0.717) is 23.9 Å². The Balaban J connectivity index is 1.66. The van der Waals surface area contributed by atoms with E-state index in [4.69, 9.17) is 21.4 Å². The molecule has 2 N–H and O–H groups in total. The van der Waals surface area contributed by atoms with Crippen molar-refractivity contribution >= 4 is 23.7 Å². The summed E-state index contributed by atoms with van der Waals surface area (Å²) in [5.74, 6) is 1.33. The van der Waals surface area contributed by atoms with E-state index < -0.39 is 0 Å². The van der Waals surface area contributed by atoms with Crippen molar-refractivity contribution < 1.29 is 14.6 Å². The molecule has 1 amide bonds. The SMILES string of the molecule is C=C/C=C(Cl)\C=N/CN1CCC(CCCOc2ccc(C(=O)N[C@H](C)CO)c(C)c2)CC1. The molecule has 6 nitrogen and oxygen atoms in total. The van der Waals surface area contributed by atoms with E-state index in [2.05, 4.69) is 21.8 Å². The summed E-state index contributed by atoms with van der Waals surface area (Å²) in [6, 6.07) is 5.24. The summed E-state index contributed by atoms with van der Waals surface area (Å²) in [5, 5.41) is 12.5. The first-order valence-corrected chi connectivity index (χ1v) is 11.7. The average molecular weight is 462 g/mol. The smallest absolute Gasteiger partial charge is 0.251 e. The van der Waals surface area contributed by atoms with Crippen molar-refractivity contribution in [2.24, 2.45) is 10.9 Å². The molecular weight excluding hydrogens is 426 g/mol. The van der Waals surface area contributed by atoms with E-state index in [-0.39, 0.29) is 18.6 Å². The van der Waals surface area contributed by atoms with Crippen molar-refractivity contribution in [2.45, 2.75) is 45.6 Å². The zero-order valence-corrected chi connectivity index (χ0v) is 20.0. The number of aliphatic hydroxyl groups is 1. The van der Waals surface area contributed by atoms with Gasteiger partial charge in [-0.3, -0.25) is 14.7 Å². The molecule has 0 radical (unpaired) electrons. The number of nitrogens with zero attached hydrogens (tertiary/aromatic N) is 2. The molecule has 1 aromatic rings. The lowest BCUT2D eigenvalue weighted by Crippen LogP contribution is -2.35. The molecule has 0 spiro atoms. The van der Waals surface area contributed by atoms with Gasteiger partial charge < -0.3 is 15.2 Å². The minimum absolute atomic E-state index is 0.0818. The third kappa shape index (κ3) is 9.15. The number of carbonyl (C=O) groups excluding carboxylic acids is 1. The minimum Gasteiger partial charge on any atom is -0.494 e. The van der Waals surface area contributed by atoms with Gasteiger partial charge in [-0.05, 0) is 75.3 Å². The van der Waals surface area contributed by atoms with Crippen LogP contribution in [0.3, 0.4) is 0 Å². The first-order chi connectivity index (χ1) is 15.4. The van der Waals surface area contributed by atoms with Gasteiger partial charge in [0.25, 0.3) is 5.91 Å². The Kier molecular flexibility index (Phi) is 11.5. The fourth-order valence-corrected chi connectivity index (χ4v) is 3.86. The van der Waals surface area contributed by atoms with Gasteiger partial charge in [0.1, 0.15) is 5.75 Å². The number of hydrogen-bond acceptors (Lipinski definition) is 5. The summed E-state index contributed by atoms with van der Waals surface area (Å²) in [6.07, 6.45) is 9.60. The summed E-state index contributed by atoms with van der Waals surface area (Å²) in [7, 11) is 0.